The van der Waals surface area contributed by atoms with E-state index in [1.54, 1.807) is 18.2 Å². The van der Waals surface area contributed by atoms with E-state index in [2.05, 4.69) is 21.2 Å². The standard InChI is InChI=1S/C14H13BrN2O3/c1-20-13-5-2-8(15)6-12(13)17-14(19)10-7-9(18)3-4-11(10)16/h2-7,18H,16H2,1H3,(H,17,19). The van der Waals surface area contributed by atoms with Gasteiger partial charge in [0.15, 0.2) is 0 Å². The van der Waals surface area contributed by atoms with Gasteiger partial charge in [0.1, 0.15) is 11.5 Å². The molecule has 2 rings (SSSR count). The molecular weight excluding hydrogens is 324 g/mol. The summed E-state index contributed by atoms with van der Waals surface area (Å²) >= 11 is 3.33. The van der Waals surface area contributed by atoms with Gasteiger partial charge in [0.05, 0.1) is 18.4 Å². The molecule has 6 heteroatoms. The van der Waals surface area contributed by atoms with Gasteiger partial charge in [0.2, 0.25) is 0 Å². The number of hydrogen-bond acceptors (Lipinski definition) is 4. The number of carbonyl (C=O) groups excluding carboxylic acids is 1. The Kier molecular flexibility index (Phi) is 4.14. The third kappa shape index (κ3) is 3.03. The second-order valence-electron chi connectivity index (χ2n) is 4.07. The van der Waals surface area contributed by atoms with Crippen molar-refractivity contribution in [3.63, 3.8) is 0 Å². The van der Waals surface area contributed by atoms with Crippen LogP contribution in [0.2, 0.25) is 0 Å². The number of ether oxygens (including phenoxy) is 1. The molecule has 1 amide bonds. The minimum atomic E-state index is -0.421. The van der Waals surface area contributed by atoms with Crippen LogP contribution >= 0.6 is 15.9 Å². The highest BCUT2D eigenvalue weighted by atomic mass is 79.9. The molecule has 0 aliphatic heterocycles. The maximum atomic E-state index is 12.2. The quantitative estimate of drug-likeness (QED) is 0.594. The van der Waals surface area contributed by atoms with E-state index in [1.165, 1.54) is 25.3 Å². The lowest BCUT2D eigenvalue weighted by atomic mass is 10.1. The van der Waals surface area contributed by atoms with Crippen molar-refractivity contribution in [2.45, 2.75) is 0 Å². The lowest BCUT2D eigenvalue weighted by Gasteiger charge is -2.11. The molecule has 0 radical (unpaired) electrons. The summed E-state index contributed by atoms with van der Waals surface area (Å²) in [6, 6.07) is 9.46. The van der Waals surface area contributed by atoms with Crippen molar-refractivity contribution < 1.29 is 14.6 Å². The molecule has 0 atom stereocenters. The highest BCUT2D eigenvalue weighted by Crippen LogP contribution is 2.29. The molecule has 0 heterocycles. The summed E-state index contributed by atoms with van der Waals surface area (Å²) in [5.74, 6) is 0.0839. The van der Waals surface area contributed by atoms with E-state index in [-0.39, 0.29) is 17.0 Å². The van der Waals surface area contributed by atoms with Gasteiger partial charge in [0.25, 0.3) is 5.91 Å². The molecule has 2 aromatic carbocycles. The van der Waals surface area contributed by atoms with Gasteiger partial charge in [-0.2, -0.15) is 0 Å². The van der Waals surface area contributed by atoms with E-state index in [0.717, 1.165) is 4.47 Å². The Morgan fingerprint density at radius 3 is 2.75 bits per heavy atom. The maximum Gasteiger partial charge on any atom is 0.257 e. The van der Waals surface area contributed by atoms with Gasteiger partial charge in [-0.15, -0.1) is 0 Å². The van der Waals surface area contributed by atoms with Crippen molar-refractivity contribution in [3.8, 4) is 11.5 Å². The topological polar surface area (TPSA) is 84.6 Å². The number of nitrogens with one attached hydrogen (secondary N) is 1. The highest BCUT2D eigenvalue weighted by Gasteiger charge is 2.13. The zero-order valence-electron chi connectivity index (χ0n) is 10.7. The van der Waals surface area contributed by atoms with Crippen molar-refractivity contribution in [1.29, 1.82) is 0 Å². The summed E-state index contributed by atoms with van der Waals surface area (Å²) in [5.41, 5.74) is 6.73. The first kappa shape index (κ1) is 14.2. The molecule has 0 aliphatic carbocycles. The van der Waals surface area contributed by atoms with Crippen LogP contribution in [0, 0.1) is 0 Å². The summed E-state index contributed by atoms with van der Waals surface area (Å²) in [4.78, 5) is 12.2. The predicted octanol–water partition coefficient (Wildman–Crippen LogP) is 3.00. The number of aromatic hydroxyl groups is 1. The average Bonchev–Trinajstić information content (AvgIpc) is 2.41. The lowest BCUT2D eigenvalue weighted by Crippen LogP contribution is -2.14. The number of hydrogen-bond donors (Lipinski definition) is 3. The Morgan fingerprint density at radius 2 is 2.05 bits per heavy atom. The first-order chi connectivity index (χ1) is 9.51. The molecule has 5 nitrogen and oxygen atoms in total. The molecule has 0 aromatic heterocycles. The van der Waals surface area contributed by atoms with Crippen LogP contribution in [0.5, 0.6) is 11.5 Å². The number of carbonyl (C=O) groups is 1. The Hall–Kier alpha value is -2.21. The first-order valence-electron chi connectivity index (χ1n) is 5.74. The second-order valence-corrected chi connectivity index (χ2v) is 4.99. The SMILES string of the molecule is COc1ccc(Br)cc1NC(=O)c1cc(O)ccc1N. The van der Waals surface area contributed by atoms with Gasteiger partial charge in [-0.25, -0.2) is 0 Å². The Morgan fingerprint density at radius 1 is 1.30 bits per heavy atom. The molecule has 0 aliphatic rings. The van der Waals surface area contributed by atoms with E-state index in [1.807, 2.05) is 0 Å². The van der Waals surface area contributed by atoms with Crippen LogP contribution in [0.3, 0.4) is 0 Å². The molecule has 0 unspecified atom stereocenters. The van der Waals surface area contributed by atoms with E-state index in [4.69, 9.17) is 10.5 Å². The van der Waals surface area contributed by atoms with Crippen LogP contribution in [-0.4, -0.2) is 18.1 Å². The highest BCUT2D eigenvalue weighted by molar-refractivity contribution is 9.10. The van der Waals surface area contributed by atoms with Crippen LogP contribution < -0.4 is 15.8 Å². The van der Waals surface area contributed by atoms with E-state index in [9.17, 15) is 9.90 Å². The molecular formula is C14H13BrN2O3. The summed E-state index contributed by atoms with van der Waals surface area (Å²) in [6.45, 7) is 0. The third-order valence-electron chi connectivity index (χ3n) is 2.69. The molecule has 0 fully saturated rings. The number of rotatable bonds is 3. The van der Waals surface area contributed by atoms with E-state index < -0.39 is 5.91 Å². The fraction of sp³-hybridized carbons (Fsp3) is 0.0714. The van der Waals surface area contributed by atoms with Crippen molar-refractivity contribution in [2.75, 3.05) is 18.2 Å². The van der Waals surface area contributed by atoms with E-state index >= 15 is 0 Å². The number of methoxy groups -OCH3 is 1. The summed E-state index contributed by atoms with van der Waals surface area (Å²) in [6.07, 6.45) is 0. The van der Waals surface area contributed by atoms with Crippen LogP contribution in [0.25, 0.3) is 0 Å². The minimum absolute atomic E-state index is 0.0226. The molecule has 4 N–H and O–H groups in total. The number of nitrogen functional groups attached to an aromatic ring is 1. The van der Waals surface area contributed by atoms with Crippen LogP contribution in [0.4, 0.5) is 11.4 Å². The summed E-state index contributed by atoms with van der Waals surface area (Å²) in [7, 11) is 1.52. The minimum Gasteiger partial charge on any atom is -0.508 e. The molecule has 0 bridgehead atoms. The maximum absolute atomic E-state index is 12.2. The Balaban J connectivity index is 2.32. The van der Waals surface area contributed by atoms with Gasteiger partial charge in [-0.1, -0.05) is 15.9 Å². The lowest BCUT2D eigenvalue weighted by molar-refractivity contribution is 0.102. The number of benzene rings is 2. The van der Waals surface area contributed by atoms with Crippen molar-refractivity contribution in [3.05, 3.63) is 46.4 Å². The van der Waals surface area contributed by atoms with Crippen molar-refractivity contribution in [2.24, 2.45) is 0 Å². The predicted molar refractivity (Wildman–Crippen MR) is 81.2 cm³/mol. The number of nitrogens with two attached hydrogens (primary N) is 1. The molecule has 0 saturated carbocycles. The molecule has 2 aromatic rings. The van der Waals surface area contributed by atoms with Crippen LogP contribution in [0.15, 0.2) is 40.9 Å². The van der Waals surface area contributed by atoms with Gasteiger partial charge in [0, 0.05) is 10.2 Å². The number of phenolic OH excluding ortho intramolecular Hbond substituents is 1. The molecule has 20 heavy (non-hydrogen) atoms. The molecule has 0 saturated heterocycles. The summed E-state index contributed by atoms with van der Waals surface area (Å²) < 4.78 is 5.98. The Bertz CT molecular complexity index is 659. The van der Waals surface area contributed by atoms with Crippen molar-refractivity contribution in [1.82, 2.24) is 0 Å². The zero-order valence-corrected chi connectivity index (χ0v) is 12.3. The smallest absolute Gasteiger partial charge is 0.257 e. The number of halogens is 1. The van der Waals surface area contributed by atoms with Crippen LogP contribution in [-0.2, 0) is 0 Å². The molecule has 104 valence electrons. The first-order valence-corrected chi connectivity index (χ1v) is 6.54. The van der Waals surface area contributed by atoms with Gasteiger partial charge in [-0.3, -0.25) is 4.79 Å². The fourth-order valence-electron chi connectivity index (χ4n) is 1.71. The van der Waals surface area contributed by atoms with Gasteiger partial charge < -0.3 is 20.9 Å². The Labute approximate surface area is 124 Å². The normalized spacial score (nSPS) is 10.1. The van der Waals surface area contributed by atoms with Gasteiger partial charge >= 0.3 is 0 Å². The van der Waals surface area contributed by atoms with Crippen molar-refractivity contribution >= 4 is 33.2 Å². The average molecular weight is 337 g/mol. The largest absolute Gasteiger partial charge is 0.508 e. The monoisotopic (exact) mass is 336 g/mol. The summed E-state index contributed by atoms with van der Waals surface area (Å²) in [5, 5.41) is 12.1. The molecule has 0 spiro atoms. The zero-order chi connectivity index (χ0) is 14.7. The number of anilines is 2. The number of phenols is 1. The second kappa shape index (κ2) is 5.83. The fourth-order valence-corrected chi connectivity index (χ4v) is 2.07. The van der Waals surface area contributed by atoms with E-state index in [0.29, 0.717) is 11.4 Å². The van der Waals surface area contributed by atoms with Crippen LogP contribution in [0.1, 0.15) is 10.4 Å². The third-order valence-corrected chi connectivity index (χ3v) is 3.18. The number of amides is 1. The van der Waals surface area contributed by atoms with Gasteiger partial charge in [-0.05, 0) is 36.4 Å².